The van der Waals surface area contributed by atoms with Gasteiger partial charge in [-0.3, -0.25) is 4.79 Å². The number of hydrogen-bond acceptors (Lipinski definition) is 3. The molecule has 5 heteroatoms. The number of rotatable bonds is 6. The second kappa shape index (κ2) is 7.36. The zero-order valence-electron chi connectivity index (χ0n) is 11.1. The van der Waals surface area contributed by atoms with Gasteiger partial charge in [-0.2, -0.15) is 0 Å². The Balaban J connectivity index is 2.92. The van der Waals surface area contributed by atoms with Gasteiger partial charge in [0, 0.05) is 23.3 Å². The summed E-state index contributed by atoms with van der Waals surface area (Å²) in [7, 11) is 0. The van der Waals surface area contributed by atoms with Gasteiger partial charge in [0.15, 0.2) is 0 Å². The highest BCUT2D eigenvalue weighted by molar-refractivity contribution is 9.10. The number of nitrogens with zero attached hydrogens (tertiary/aromatic N) is 1. The molecule has 0 bridgehead atoms. The lowest BCUT2D eigenvalue weighted by Gasteiger charge is -2.16. The first kappa shape index (κ1) is 15.0. The molecule has 4 nitrogen and oxygen atoms in total. The van der Waals surface area contributed by atoms with Gasteiger partial charge >= 0.3 is 0 Å². The summed E-state index contributed by atoms with van der Waals surface area (Å²) in [5, 5.41) is 6.12. The van der Waals surface area contributed by atoms with E-state index < -0.39 is 0 Å². The summed E-state index contributed by atoms with van der Waals surface area (Å²) < 4.78 is 0.804. The fourth-order valence-corrected chi connectivity index (χ4v) is 2.01. The summed E-state index contributed by atoms with van der Waals surface area (Å²) in [6, 6.07) is 2.01. The van der Waals surface area contributed by atoms with Gasteiger partial charge in [-0.05, 0) is 41.8 Å². The maximum atomic E-state index is 12.2. The minimum Gasteiger partial charge on any atom is -0.370 e. The molecule has 0 spiro atoms. The highest BCUT2D eigenvalue weighted by atomic mass is 79.9. The third-order valence-electron chi connectivity index (χ3n) is 2.76. The highest BCUT2D eigenvalue weighted by Crippen LogP contribution is 2.18. The average Bonchev–Trinajstić information content (AvgIpc) is 2.38. The molecule has 1 rings (SSSR count). The van der Waals surface area contributed by atoms with Crippen LogP contribution in [0.5, 0.6) is 0 Å². The fourth-order valence-electron chi connectivity index (χ4n) is 1.68. The molecule has 0 saturated carbocycles. The van der Waals surface area contributed by atoms with E-state index in [4.69, 9.17) is 0 Å². The third kappa shape index (κ3) is 3.98. The molecule has 0 aliphatic heterocycles. The van der Waals surface area contributed by atoms with Crippen LogP contribution in [0.2, 0.25) is 0 Å². The Kier molecular flexibility index (Phi) is 6.12. The standard InChI is InChI=1S/C13H20BrN3O/c1-4-10(5-2)17-13(18)11-7-9(14)8-16-12(11)15-6-3/h7-8,10H,4-6H2,1-3H3,(H,15,16)(H,17,18). The van der Waals surface area contributed by atoms with Crippen LogP contribution in [0.1, 0.15) is 44.0 Å². The molecule has 0 aromatic carbocycles. The van der Waals surface area contributed by atoms with Crippen molar-refractivity contribution in [3.8, 4) is 0 Å². The van der Waals surface area contributed by atoms with Gasteiger partial charge < -0.3 is 10.6 Å². The zero-order chi connectivity index (χ0) is 13.5. The second-order valence-electron chi connectivity index (χ2n) is 4.07. The number of anilines is 1. The van der Waals surface area contributed by atoms with Crippen molar-refractivity contribution >= 4 is 27.7 Å². The Morgan fingerprint density at radius 1 is 1.39 bits per heavy atom. The second-order valence-corrected chi connectivity index (χ2v) is 4.98. The lowest BCUT2D eigenvalue weighted by molar-refractivity contribution is 0.0935. The first-order valence-corrected chi connectivity index (χ1v) is 7.11. The van der Waals surface area contributed by atoms with Crippen molar-refractivity contribution in [2.24, 2.45) is 0 Å². The minimum atomic E-state index is -0.0755. The summed E-state index contributed by atoms with van der Waals surface area (Å²) in [5.74, 6) is 0.553. The number of hydrogen-bond donors (Lipinski definition) is 2. The molecule has 2 N–H and O–H groups in total. The summed E-state index contributed by atoms with van der Waals surface area (Å²) in [4.78, 5) is 16.4. The molecule has 0 saturated heterocycles. The summed E-state index contributed by atoms with van der Waals surface area (Å²) in [6.07, 6.45) is 3.55. The maximum absolute atomic E-state index is 12.2. The van der Waals surface area contributed by atoms with Gasteiger partial charge in [-0.25, -0.2) is 4.98 Å². The van der Waals surface area contributed by atoms with E-state index in [1.165, 1.54) is 0 Å². The van der Waals surface area contributed by atoms with Gasteiger partial charge in [0.1, 0.15) is 5.82 Å². The molecule has 0 aliphatic carbocycles. The van der Waals surface area contributed by atoms with Crippen LogP contribution in [0.4, 0.5) is 5.82 Å². The van der Waals surface area contributed by atoms with Crippen LogP contribution in [0.25, 0.3) is 0 Å². The van der Waals surface area contributed by atoms with Crippen molar-refractivity contribution in [1.82, 2.24) is 10.3 Å². The van der Waals surface area contributed by atoms with Gasteiger partial charge in [-0.1, -0.05) is 13.8 Å². The van der Waals surface area contributed by atoms with Crippen LogP contribution in [-0.4, -0.2) is 23.5 Å². The minimum absolute atomic E-state index is 0.0755. The Bertz CT molecular complexity index is 405. The van der Waals surface area contributed by atoms with Crippen molar-refractivity contribution in [2.75, 3.05) is 11.9 Å². The van der Waals surface area contributed by atoms with E-state index in [9.17, 15) is 4.79 Å². The predicted molar refractivity (Wildman–Crippen MR) is 77.9 cm³/mol. The predicted octanol–water partition coefficient (Wildman–Crippen LogP) is 3.19. The molecule has 0 fully saturated rings. The SMILES string of the molecule is CCNc1ncc(Br)cc1C(=O)NC(CC)CC. The molecule has 0 unspecified atom stereocenters. The van der Waals surface area contributed by atoms with Crippen LogP contribution in [0.3, 0.4) is 0 Å². The lowest BCUT2D eigenvalue weighted by atomic mass is 10.1. The molecule has 1 aromatic heterocycles. The number of nitrogens with one attached hydrogen (secondary N) is 2. The van der Waals surface area contributed by atoms with Crippen molar-refractivity contribution in [2.45, 2.75) is 39.7 Å². The average molecular weight is 314 g/mol. The van der Waals surface area contributed by atoms with Gasteiger partial charge in [0.05, 0.1) is 5.56 Å². The number of carbonyl (C=O) groups is 1. The lowest BCUT2D eigenvalue weighted by Crippen LogP contribution is -2.34. The van der Waals surface area contributed by atoms with E-state index in [1.54, 1.807) is 12.3 Å². The molecular weight excluding hydrogens is 294 g/mol. The van der Waals surface area contributed by atoms with Crippen molar-refractivity contribution in [3.05, 3.63) is 22.3 Å². The van der Waals surface area contributed by atoms with Crippen LogP contribution >= 0.6 is 15.9 Å². The molecular formula is C13H20BrN3O. The van der Waals surface area contributed by atoms with E-state index in [2.05, 4.69) is 45.4 Å². The number of amides is 1. The number of pyridine rings is 1. The van der Waals surface area contributed by atoms with Crippen LogP contribution in [-0.2, 0) is 0 Å². The summed E-state index contributed by atoms with van der Waals surface area (Å²) >= 11 is 3.35. The molecule has 18 heavy (non-hydrogen) atoms. The molecule has 100 valence electrons. The fraction of sp³-hybridized carbons (Fsp3) is 0.538. The molecule has 0 aliphatic rings. The molecule has 1 amide bonds. The van der Waals surface area contributed by atoms with E-state index in [0.717, 1.165) is 23.9 Å². The monoisotopic (exact) mass is 313 g/mol. The Morgan fingerprint density at radius 3 is 2.61 bits per heavy atom. The molecule has 1 heterocycles. The number of aromatic nitrogens is 1. The zero-order valence-corrected chi connectivity index (χ0v) is 12.7. The van der Waals surface area contributed by atoms with E-state index in [1.807, 2.05) is 6.92 Å². The van der Waals surface area contributed by atoms with Gasteiger partial charge in [-0.15, -0.1) is 0 Å². The Morgan fingerprint density at radius 2 is 2.06 bits per heavy atom. The van der Waals surface area contributed by atoms with Crippen molar-refractivity contribution < 1.29 is 4.79 Å². The highest BCUT2D eigenvalue weighted by Gasteiger charge is 2.15. The third-order valence-corrected chi connectivity index (χ3v) is 3.20. The van der Waals surface area contributed by atoms with Gasteiger partial charge in [0.2, 0.25) is 0 Å². The molecule has 0 radical (unpaired) electrons. The Hall–Kier alpha value is -1.10. The summed E-state index contributed by atoms with van der Waals surface area (Å²) in [5.41, 5.74) is 0.582. The quantitative estimate of drug-likeness (QED) is 0.848. The molecule has 1 aromatic rings. The maximum Gasteiger partial charge on any atom is 0.255 e. The van der Waals surface area contributed by atoms with E-state index in [-0.39, 0.29) is 11.9 Å². The Labute approximate surface area is 117 Å². The first-order valence-electron chi connectivity index (χ1n) is 6.32. The number of halogens is 1. The van der Waals surface area contributed by atoms with Gasteiger partial charge in [0.25, 0.3) is 5.91 Å². The van der Waals surface area contributed by atoms with Crippen LogP contribution < -0.4 is 10.6 Å². The number of carbonyl (C=O) groups excluding carboxylic acids is 1. The van der Waals surface area contributed by atoms with Crippen molar-refractivity contribution in [1.29, 1.82) is 0 Å². The smallest absolute Gasteiger partial charge is 0.255 e. The van der Waals surface area contributed by atoms with E-state index >= 15 is 0 Å². The summed E-state index contributed by atoms with van der Waals surface area (Å²) in [6.45, 7) is 6.85. The first-order chi connectivity index (χ1) is 8.62. The van der Waals surface area contributed by atoms with Crippen molar-refractivity contribution in [3.63, 3.8) is 0 Å². The topological polar surface area (TPSA) is 54.0 Å². The normalized spacial score (nSPS) is 10.5. The van der Waals surface area contributed by atoms with Crippen LogP contribution in [0.15, 0.2) is 16.7 Å². The molecule has 0 atom stereocenters. The van der Waals surface area contributed by atoms with Crippen LogP contribution in [0, 0.1) is 0 Å². The van der Waals surface area contributed by atoms with E-state index in [0.29, 0.717) is 11.4 Å². The largest absolute Gasteiger partial charge is 0.370 e.